The highest BCUT2D eigenvalue weighted by atomic mass is 16.4. The number of allylic oxidation sites excluding steroid dienone is 1. The fraction of sp³-hybridized carbons (Fsp3) is 0.615. The molecule has 0 bridgehead atoms. The lowest BCUT2D eigenvalue weighted by Gasteiger charge is -2.22. The van der Waals surface area contributed by atoms with Gasteiger partial charge in [0.15, 0.2) is 0 Å². The fourth-order valence-electron chi connectivity index (χ4n) is 2.74. The number of rotatable bonds is 2. The van der Waals surface area contributed by atoms with Crippen LogP contribution in [0.15, 0.2) is 22.4 Å². The van der Waals surface area contributed by atoms with Crippen molar-refractivity contribution in [1.29, 1.82) is 0 Å². The van der Waals surface area contributed by atoms with Crippen molar-refractivity contribution in [2.75, 3.05) is 0 Å². The third-order valence-corrected chi connectivity index (χ3v) is 3.47. The molecule has 3 nitrogen and oxygen atoms in total. The number of carboxylic acid groups (broad SMARTS) is 1. The van der Waals surface area contributed by atoms with Crippen molar-refractivity contribution in [3.05, 3.63) is 22.4 Å². The van der Waals surface area contributed by atoms with E-state index in [1.54, 1.807) is 0 Å². The molecule has 16 heavy (non-hydrogen) atoms. The molecule has 1 aliphatic carbocycles. The third kappa shape index (κ3) is 1.75. The zero-order chi connectivity index (χ0) is 11.9. The molecule has 2 rings (SSSR count). The number of carbonyl (C=O) groups is 1. The maximum atomic E-state index is 11.4. The van der Waals surface area contributed by atoms with Crippen molar-refractivity contribution in [2.45, 2.75) is 46.1 Å². The largest absolute Gasteiger partial charge is 0.478 e. The first-order valence-corrected chi connectivity index (χ1v) is 5.96. The molecule has 88 valence electrons. The molecule has 0 saturated heterocycles. The summed E-state index contributed by atoms with van der Waals surface area (Å²) in [6.45, 7) is 6.25. The van der Waals surface area contributed by atoms with Crippen molar-refractivity contribution >= 4 is 5.97 Å². The molecule has 1 heterocycles. The van der Waals surface area contributed by atoms with Crippen LogP contribution in [0, 0.1) is 5.92 Å². The topological polar surface area (TPSA) is 49.3 Å². The van der Waals surface area contributed by atoms with Crippen LogP contribution in [0.25, 0.3) is 0 Å². The Morgan fingerprint density at radius 2 is 2.12 bits per heavy atom. The Bertz CT molecular complexity index is 391. The Kier molecular flexibility index (Phi) is 2.78. The van der Waals surface area contributed by atoms with Gasteiger partial charge < -0.3 is 10.4 Å². The van der Waals surface area contributed by atoms with E-state index >= 15 is 0 Å². The maximum Gasteiger partial charge on any atom is 0.337 e. The van der Waals surface area contributed by atoms with E-state index in [1.165, 1.54) is 5.57 Å². The average Bonchev–Trinajstić information content (AvgIpc) is 2.55. The van der Waals surface area contributed by atoms with Gasteiger partial charge in [-0.25, -0.2) is 4.79 Å². The van der Waals surface area contributed by atoms with Crippen LogP contribution in [0.4, 0.5) is 0 Å². The van der Waals surface area contributed by atoms with Crippen molar-refractivity contribution in [3.8, 4) is 0 Å². The molecule has 0 aromatic carbocycles. The predicted molar refractivity (Wildman–Crippen MR) is 63.0 cm³/mol. The van der Waals surface area contributed by atoms with Gasteiger partial charge in [-0.2, -0.15) is 0 Å². The second-order valence-corrected chi connectivity index (χ2v) is 5.09. The van der Waals surface area contributed by atoms with Gasteiger partial charge in [0, 0.05) is 11.7 Å². The lowest BCUT2D eigenvalue weighted by molar-refractivity contribution is -0.132. The number of hydrogen-bond acceptors (Lipinski definition) is 2. The van der Waals surface area contributed by atoms with Crippen LogP contribution in [-0.4, -0.2) is 17.1 Å². The molecule has 0 aromatic heterocycles. The quantitative estimate of drug-likeness (QED) is 0.753. The summed E-state index contributed by atoms with van der Waals surface area (Å²) in [6.07, 6.45) is 2.93. The Morgan fingerprint density at radius 1 is 1.44 bits per heavy atom. The Morgan fingerprint density at radius 3 is 2.69 bits per heavy atom. The first-order valence-electron chi connectivity index (χ1n) is 5.96. The van der Waals surface area contributed by atoms with Gasteiger partial charge in [-0.3, -0.25) is 0 Å². The van der Waals surface area contributed by atoms with Crippen molar-refractivity contribution < 1.29 is 9.90 Å². The Balaban J connectivity index is 2.45. The van der Waals surface area contributed by atoms with Crippen LogP contribution in [0.2, 0.25) is 0 Å². The second kappa shape index (κ2) is 3.96. The van der Waals surface area contributed by atoms with E-state index in [0.717, 1.165) is 30.5 Å². The molecule has 1 aliphatic heterocycles. The fourth-order valence-corrected chi connectivity index (χ4v) is 2.74. The monoisotopic (exact) mass is 221 g/mol. The average molecular weight is 221 g/mol. The minimum Gasteiger partial charge on any atom is -0.478 e. The first-order chi connectivity index (χ1) is 7.50. The van der Waals surface area contributed by atoms with Gasteiger partial charge in [-0.05, 0) is 37.7 Å². The van der Waals surface area contributed by atoms with Gasteiger partial charge in [-0.15, -0.1) is 0 Å². The summed E-state index contributed by atoms with van der Waals surface area (Å²) in [5.41, 5.74) is 3.85. The van der Waals surface area contributed by atoms with Crippen LogP contribution >= 0.6 is 0 Å². The summed E-state index contributed by atoms with van der Waals surface area (Å²) in [5, 5.41) is 12.7. The Hall–Kier alpha value is -1.25. The zero-order valence-electron chi connectivity index (χ0n) is 10.1. The van der Waals surface area contributed by atoms with E-state index in [1.807, 2.05) is 0 Å². The molecular formula is C13H19NO2. The standard InChI is InChI=1S/C13H19NO2/c1-7(2)10-5-4-9-6-8(3)14-12(9)11(10)13(15)16/h7-8,14H,4-6H2,1-3H3,(H,15,16). The van der Waals surface area contributed by atoms with Crippen LogP contribution < -0.4 is 5.32 Å². The predicted octanol–water partition coefficient (Wildman–Crippen LogP) is 2.45. The first kappa shape index (κ1) is 11.2. The second-order valence-electron chi connectivity index (χ2n) is 5.09. The molecule has 0 spiro atoms. The normalized spacial score (nSPS) is 24.9. The molecular weight excluding hydrogens is 202 g/mol. The zero-order valence-corrected chi connectivity index (χ0v) is 10.1. The highest BCUT2D eigenvalue weighted by molar-refractivity contribution is 5.93. The number of aliphatic carboxylic acids is 1. The minimum atomic E-state index is -0.780. The minimum absolute atomic E-state index is 0.317. The summed E-state index contributed by atoms with van der Waals surface area (Å²) >= 11 is 0. The summed E-state index contributed by atoms with van der Waals surface area (Å²) in [7, 11) is 0. The van der Waals surface area contributed by atoms with Crippen molar-refractivity contribution in [3.63, 3.8) is 0 Å². The van der Waals surface area contributed by atoms with E-state index in [0.29, 0.717) is 17.5 Å². The van der Waals surface area contributed by atoms with E-state index in [4.69, 9.17) is 0 Å². The molecule has 0 amide bonds. The number of hydrogen-bond donors (Lipinski definition) is 2. The molecule has 1 atom stereocenters. The molecule has 0 fully saturated rings. The highest BCUT2D eigenvalue weighted by Crippen LogP contribution is 2.38. The molecule has 2 N–H and O–H groups in total. The van der Waals surface area contributed by atoms with Gasteiger partial charge in [0.1, 0.15) is 0 Å². The van der Waals surface area contributed by atoms with Crippen LogP contribution in [-0.2, 0) is 4.79 Å². The van der Waals surface area contributed by atoms with Gasteiger partial charge in [0.05, 0.1) is 5.57 Å². The van der Waals surface area contributed by atoms with Gasteiger partial charge in [0.25, 0.3) is 0 Å². The molecule has 0 aromatic rings. The van der Waals surface area contributed by atoms with Crippen LogP contribution in [0.1, 0.15) is 40.0 Å². The number of nitrogens with one attached hydrogen (secondary N) is 1. The van der Waals surface area contributed by atoms with Crippen molar-refractivity contribution in [1.82, 2.24) is 5.32 Å². The van der Waals surface area contributed by atoms with Gasteiger partial charge in [-0.1, -0.05) is 19.4 Å². The molecule has 0 saturated carbocycles. The lowest BCUT2D eigenvalue weighted by atomic mass is 9.84. The van der Waals surface area contributed by atoms with E-state index in [9.17, 15) is 9.90 Å². The Labute approximate surface area is 96.2 Å². The van der Waals surface area contributed by atoms with Gasteiger partial charge in [0.2, 0.25) is 0 Å². The SMILES string of the molecule is CC1CC2=C(N1)C(C(=O)O)=C(C(C)C)CC2. The molecule has 3 heteroatoms. The molecule has 0 radical (unpaired) electrons. The van der Waals surface area contributed by atoms with Crippen LogP contribution in [0.5, 0.6) is 0 Å². The summed E-state index contributed by atoms with van der Waals surface area (Å²) in [5.74, 6) is -0.463. The number of carboxylic acids is 1. The summed E-state index contributed by atoms with van der Waals surface area (Å²) < 4.78 is 0. The lowest BCUT2D eigenvalue weighted by Crippen LogP contribution is -2.24. The maximum absolute atomic E-state index is 11.4. The van der Waals surface area contributed by atoms with E-state index in [2.05, 4.69) is 26.1 Å². The van der Waals surface area contributed by atoms with Gasteiger partial charge >= 0.3 is 5.97 Å². The summed E-state index contributed by atoms with van der Waals surface area (Å²) in [6, 6.07) is 0.380. The summed E-state index contributed by atoms with van der Waals surface area (Å²) in [4.78, 5) is 11.4. The van der Waals surface area contributed by atoms with E-state index < -0.39 is 5.97 Å². The smallest absolute Gasteiger partial charge is 0.337 e. The third-order valence-electron chi connectivity index (χ3n) is 3.47. The van der Waals surface area contributed by atoms with Crippen molar-refractivity contribution in [2.24, 2.45) is 5.92 Å². The molecule has 1 unspecified atom stereocenters. The van der Waals surface area contributed by atoms with E-state index in [-0.39, 0.29) is 0 Å². The molecule has 2 aliphatic rings. The van der Waals surface area contributed by atoms with Crippen LogP contribution in [0.3, 0.4) is 0 Å². The highest BCUT2D eigenvalue weighted by Gasteiger charge is 2.32.